The van der Waals surface area contributed by atoms with Crippen LogP contribution in [0, 0.1) is 5.92 Å². The van der Waals surface area contributed by atoms with Crippen molar-refractivity contribution in [1.82, 2.24) is 20.3 Å². The van der Waals surface area contributed by atoms with Gasteiger partial charge in [0.1, 0.15) is 5.82 Å². The van der Waals surface area contributed by atoms with Crippen LogP contribution in [0.15, 0.2) is 54.5 Å². The van der Waals surface area contributed by atoms with Crippen LogP contribution in [-0.2, 0) is 12.8 Å². The van der Waals surface area contributed by atoms with E-state index in [4.69, 9.17) is 10.7 Å². The van der Waals surface area contributed by atoms with Crippen molar-refractivity contribution in [2.45, 2.75) is 70.0 Å². The number of hydrogen-bond acceptors (Lipinski definition) is 4. The highest BCUT2D eigenvalue weighted by Gasteiger charge is 2.28. The van der Waals surface area contributed by atoms with Gasteiger partial charge in [-0.3, -0.25) is 4.98 Å². The van der Waals surface area contributed by atoms with Crippen LogP contribution in [0.4, 0.5) is 0 Å². The number of aryl methyl sites for hydroxylation is 1. The molecule has 0 bridgehead atoms. The minimum absolute atomic E-state index is 0.118. The standard InChI is InChI=1S/C24H33N5/c1-17-7-9-18(10-8-17)21(12-11-20(25)16-23-26-14-15-27-23)29-22-6-2-4-19-5-3-13-28-24(19)22/h3,5,7-9,13-15,18,20-22,29H,2,4,6,10-12,16,25H2,1H3,(H,26,27). The van der Waals surface area contributed by atoms with E-state index in [9.17, 15) is 0 Å². The van der Waals surface area contributed by atoms with E-state index in [-0.39, 0.29) is 6.04 Å². The predicted octanol–water partition coefficient (Wildman–Crippen LogP) is 4.01. The molecule has 0 fully saturated rings. The van der Waals surface area contributed by atoms with Crippen LogP contribution in [0.25, 0.3) is 0 Å². The zero-order chi connectivity index (χ0) is 20.1. The molecule has 0 amide bonds. The number of pyridine rings is 1. The number of rotatable bonds is 8. The fourth-order valence-corrected chi connectivity index (χ4v) is 4.65. The minimum Gasteiger partial charge on any atom is -0.349 e. The predicted molar refractivity (Wildman–Crippen MR) is 117 cm³/mol. The first-order valence-electron chi connectivity index (χ1n) is 11.0. The molecule has 29 heavy (non-hydrogen) atoms. The van der Waals surface area contributed by atoms with Gasteiger partial charge in [-0.15, -0.1) is 0 Å². The number of H-pyrrole nitrogens is 1. The molecule has 5 heteroatoms. The molecule has 0 saturated heterocycles. The number of fused-ring (bicyclic) bond motifs is 1. The Morgan fingerprint density at radius 2 is 2.21 bits per heavy atom. The average Bonchev–Trinajstić information content (AvgIpc) is 3.25. The molecular formula is C24H33N5. The number of nitrogens with one attached hydrogen (secondary N) is 2. The van der Waals surface area contributed by atoms with Crippen molar-refractivity contribution >= 4 is 0 Å². The van der Waals surface area contributed by atoms with Crippen LogP contribution in [0.1, 0.15) is 62.2 Å². The number of imidazole rings is 1. The van der Waals surface area contributed by atoms with Gasteiger partial charge in [0.15, 0.2) is 0 Å². The van der Waals surface area contributed by atoms with Gasteiger partial charge in [0, 0.05) is 43.1 Å². The van der Waals surface area contributed by atoms with Crippen LogP contribution in [0.3, 0.4) is 0 Å². The van der Waals surface area contributed by atoms with E-state index in [0.717, 1.165) is 44.3 Å². The summed E-state index contributed by atoms with van der Waals surface area (Å²) in [5.41, 5.74) is 10.5. The highest BCUT2D eigenvalue weighted by molar-refractivity contribution is 5.26. The SMILES string of the molecule is CC1=CCC(C(CCC(N)Cc2ncc[nH]2)NC2CCCc3cccnc32)C=C1. The third-order valence-corrected chi connectivity index (χ3v) is 6.30. The van der Waals surface area contributed by atoms with Crippen molar-refractivity contribution in [1.29, 1.82) is 0 Å². The van der Waals surface area contributed by atoms with Gasteiger partial charge in [-0.1, -0.05) is 29.9 Å². The van der Waals surface area contributed by atoms with E-state index >= 15 is 0 Å². The Kier molecular flexibility index (Phi) is 6.57. The summed E-state index contributed by atoms with van der Waals surface area (Å²) < 4.78 is 0. The van der Waals surface area contributed by atoms with E-state index in [1.807, 2.05) is 12.4 Å². The van der Waals surface area contributed by atoms with E-state index in [2.05, 4.69) is 52.6 Å². The molecule has 2 aromatic heterocycles. The van der Waals surface area contributed by atoms with Crippen LogP contribution in [0.5, 0.6) is 0 Å². The van der Waals surface area contributed by atoms with Crippen molar-refractivity contribution in [3.05, 3.63) is 71.6 Å². The number of hydrogen-bond donors (Lipinski definition) is 3. The summed E-state index contributed by atoms with van der Waals surface area (Å²) in [6.07, 6.45) is 20.0. The van der Waals surface area contributed by atoms with Gasteiger partial charge >= 0.3 is 0 Å². The highest BCUT2D eigenvalue weighted by atomic mass is 15.0. The maximum atomic E-state index is 6.44. The molecule has 0 aliphatic heterocycles. The molecular weight excluding hydrogens is 358 g/mol. The smallest absolute Gasteiger partial charge is 0.107 e. The summed E-state index contributed by atoms with van der Waals surface area (Å²) in [4.78, 5) is 12.2. The topological polar surface area (TPSA) is 79.6 Å². The second kappa shape index (κ2) is 9.51. The normalized spacial score (nSPS) is 23.3. The van der Waals surface area contributed by atoms with Crippen molar-refractivity contribution in [2.75, 3.05) is 0 Å². The molecule has 0 aromatic carbocycles. The van der Waals surface area contributed by atoms with E-state index in [1.165, 1.54) is 23.3 Å². The van der Waals surface area contributed by atoms with Crippen molar-refractivity contribution in [3.63, 3.8) is 0 Å². The van der Waals surface area contributed by atoms with Crippen LogP contribution in [0.2, 0.25) is 0 Å². The Morgan fingerprint density at radius 1 is 1.28 bits per heavy atom. The van der Waals surface area contributed by atoms with Gasteiger partial charge in [-0.2, -0.15) is 0 Å². The van der Waals surface area contributed by atoms with Gasteiger partial charge < -0.3 is 16.0 Å². The molecule has 4 atom stereocenters. The molecule has 2 aromatic rings. The number of nitrogens with zero attached hydrogens (tertiary/aromatic N) is 2. The van der Waals surface area contributed by atoms with Crippen molar-refractivity contribution in [2.24, 2.45) is 11.7 Å². The maximum absolute atomic E-state index is 6.44. The Hall–Kier alpha value is -2.24. The zero-order valence-corrected chi connectivity index (χ0v) is 17.3. The third-order valence-electron chi connectivity index (χ3n) is 6.30. The molecule has 2 aliphatic carbocycles. The molecule has 4 rings (SSSR count). The summed E-state index contributed by atoms with van der Waals surface area (Å²) in [6.45, 7) is 2.18. The van der Waals surface area contributed by atoms with E-state index < -0.39 is 0 Å². The Labute approximate surface area is 173 Å². The average molecular weight is 392 g/mol. The molecule has 2 heterocycles. The Morgan fingerprint density at radius 3 is 3.00 bits per heavy atom. The second-order valence-corrected chi connectivity index (χ2v) is 8.55. The van der Waals surface area contributed by atoms with Gasteiger partial charge in [-0.25, -0.2) is 4.98 Å². The van der Waals surface area contributed by atoms with Gasteiger partial charge in [0.25, 0.3) is 0 Å². The summed E-state index contributed by atoms with van der Waals surface area (Å²) >= 11 is 0. The Balaban J connectivity index is 1.43. The van der Waals surface area contributed by atoms with Gasteiger partial charge in [0.2, 0.25) is 0 Å². The summed E-state index contributed by atoms with van der Waals surface area (Å²) in [7, 11) is 0. The second-order valence-electron chi connectivity index (χ2n) is 8.55. The lowest BCUT2D eigenvalue weighted by Crippen LogP contribution is -2.41. The van der Waals surface area contributed by atoms with Crippen LogP contribution in [-0.4, -0.2) is 27.0 Å². The van der Waals surface area contributed by atoms with Gasteiger partial charge in [0.05, 0.1) is 5.69 Å². The molecule has 0 saturated carbocycles. The lowest BCUT2D eigenvalue weighted by atomic mass is 9.84. The van der Waals surface area contributed by atoms with Crippen LogP contribution >= 0.6 is 0 Å². The summed E-state index contributed by atoms with van der Waals surface area (Å²) in [5, 5.41) is 3.99. The molecule has 2 aliphatic rings. The monoisotopic (exact) mass is 391 g/mol. The van der Waals surface area contributed by atoms with E-state index in [0.29, 0.717) is 18.0 Å². The van der Waals surface area contributed by atoms with E-state index in [1.54, 1.807) is 6.20 Å². The third kappa shape index (κ3) is 5.22. The molecule has 4 N–H and O–H groups in total. The molecule has 0 radical (unpaired) electrons. The number of allylic oxidation sites excluding steroid dienone is 3. The summed E-state index contributed by atoms with van der Waals surface area (Å²) in [5.74, 6) is 1.48. The van der Waals surface area contributed by atoms with Crippen molar-refractivity contribution in [3.8, 4) is 0 Å². The van der Waals surface area contributed by atoms with Gasteiger partial charge in [-0.05, 0) is 63.0 Å². The van der Waals surface area contributed by atoms with Crippen LogP contribution < -0.4 is 11.1 Å². The first kappa shape index (κ1) is 20.0. The number of aromatic nitrogens is 3. The van der Waals surface area contributed by atoms with Crippen molar-refractivity contribution < 1.29 is 0 Å². The number of aromatic amines is 1. The number of nitrogens with two attached hydrogens (primary N) is 1. The Bertz CT molecular complexity index is 839. The first-order chi connectivity index (χ1) is 14.2. The largest absolute Gasteiger partial charge is 0.349 e. The highest BCUT2D eigenvalue weighted by Crippen LogP contribution is 2.31. The zero-order valence-electron chi connectivity index (χ0n) is 17.3. The minimum atomic E-state index is 0.118. The molecule has 5 nitrogen and oxygen atoms in total. The maximum Gasteiger partial charge on any atom is 0.107 e. The quantitative estimate of drug-likeness (QED) is 0.635. The molecule has 154 valence electrons. The lowest BCUT2D eigenvalue weighted by Gasteiger charge is -2.34. The fraction of sp³-hybridized carbons (Fsp3) is 0.500. The fourth-order valence-electron chi connectivity index (χ4n) is 4.65. The summed E-state index contributed by atoms with van der Waals surface area (Å²) in [6, 6.07) is 5.15. The lowest BCUT2D eigenvalue weighted by molar-refractivity contribution is 0.307. The first-order valence-corrected chi connectivity index (χ1v) is 11.0. The molecule has 4 unspecified atom stereocenters. The molecule has 0 spiro atoms.